The molecule has 0 fully saturated rings. The van der Waals surface area contributed by atoms with Crippen LogP contribution < -0.4 is 5.73 Å². The second-order valence-electron chi connectivity index (χ2n) is 4.45. The predicted molar refractivity (Wildman–Crippen MR) is 75.7 cm³/mol. The Labute approximate surface area is 121 Å². The van der Waals surface area contributed by atoms with E-state index in [1.54, 1.807) is 6.07 Å². The molecule has 0 aliphatic rings. The third-order valence-electron chi connectivity index (χ3n) is 2.85. The third-order valence-corrected chi connectivity index (χ3v) is 3.59. The third kappa shape index (κ3) is 3.69. The SMILES string of the molecule is CC(CCN)c1nc(Cc2ccc(Cl)c(Cl)c2)no1. The first-order chi connectivity index (χ1) is 9.10. The van der Waals surface area contributed by atoms with Crippen molar-refractivity contribution in [3.8, 4) is 0 Å². The molecule has 4 nitrogen and oxygen atoms in total. The van der Waals surface area contributed by atoms with Gasteiger partial charge in [-0.1, -0.05) is 41.3 Å². The first-order valence-corrected chi connectivity index (χ1v) is 6.82. The highest BCUT2D eigenvalue weighted by Gasteiger charge is 2.14. The number of rotatable bonds is 5. The molecule has 1 aromatic carbocycles. The van der Waals surface area contributed by atoms with Crippen molar-refractivity contribution >= 4 is 23.2 Å². The Hall–Kier alpha value is -1.10. The van der Waals surface area contributed by atoms with E-state index in [1.807, 2.05) is 19.1 Å². The van der Waals surface area contributed by atoms with E-state index >= 15 is 0 Å². The van der Waals surface area contributed by atoms with Crippen LogP contribution in [0.1, 0.15) is 36.5 Å². The van der Waals surface area contributed by atoms with Crippen LogP contribution in [-0.4, -0.2) is 16.7 Å². The lowest BCUT2D eigenvalue weighted by atomic mass is 10.1. The summed E-state index contributed by atoms with van der Waals surface area (Å²) >= 11 is 11.8. The van der Waals surface area contributed by atoms with Crippen LogP contribution in [-0.2, 0) is 6.42 Å². The zero-order valence-electron chi connectivity index (χ0n) is 10.6. The van der Waals surface area contributed by atoms with Crippen LogP contribution >= 0.6 is 23.2 Å². The van der Waals surface area contributed by atoms with Crippen molar-refractivity contribution in [3.05, 3.63) is 45.5 Å². The maximum absolute atomic E-state index is 5.97. The molecule has 1 aromatic heterocycles. The van der Waals surface area contributed by atoms with Crippen molar-refractivity contribution in [2.24, 2.45) is 5.73 Å². The van der Waals surface area contributed by atoms with Gasteiger partial charge in [-0.2, -0.15) is 4.98 Å². The van der Waals surface area contributed by atoms with Crippen LogP contribution in [0, 0.1) is 0 Å². The molecule has 0 bridgehead atoms. The Bertz CT molecular complexity index is 557. The number of halogens is 2. The summed E-state index contributed by atoms with van der Waals surface area (Å²) in [4.78, 5) is 4.37. The molecule has 1 heterocycles. The second kappa shape index (κ2) is 6.37. The highest BCUT2D eigenvalue weighted by molar-refractivity contribution is 6.42. The van der Waals surface area contributed by atoms with Gasteiger partial charge >= 0.3 is 0 Å². The first kappa shape index (κ1) is 14.3. The fourth-order valence-electron chi connectivity index (χ4n) is 1.75. The minimum atomic E-state index is 0.181. The van der Waals surface area contributed by atoms with Crippen LogP contribution in [0.15, 0.2) is 22.7 Å². The van der Waals surface area contributed by atoms with Crippen molar-refractivity contribution in [2.75, 3.05) is 6.54 Å². The molecule has 6 heteroatoms. The molecule has 0 radical (unpaired) electrons. The Kier molecular flexibility index (Phi) is 4.80. The quantitative estimate of drug-likeness (QED) is 0.919. The average Bonchev–Trinajstić information content (AvgIpc) is 2.83. The molecule has 102 valence electrons. The number of nitrogens with two attached hydrogens (primary N) is 1. The zero-order chi connectivity index (χ0) is 13.8. The maximum Gasteiger partial charge on any atom is 0.229 e. The van der Waals surface area contributed by atoms with E-state index < -0.39 is 0 Å². The summed E-state index contributed by atoms with van der Waals surface area (Å²) in [6, 6.07) is 5.47. The fourth-order valence-corrected chi connectivity index (χ4v) is 2.07. The number of aromatic nitrogens is 2. The lowest BCUT2D eigenvalue weighted by Crippen LogP contribution is -2.04. The van der Waals surface area contributed by atoms with E-state index in [2.05, 4.69) is 10.1 Å². The molecule has 2 aromatic rings. The molecule has 0 saturated heterocycles. The van der Waals surface area contributed by atoms with Crippen molar-refractivity contribution < 1.29 is 4.52 Å². The molecule has 0 amide bonds. The summed E-state index contributed by atoms with van der Waals surface area (Å²) < 4.78 is 5.23. The molecule has 1 unspecified atom stereocenters. The fraction of sp³-hybridized carbons (Fsp3) is 0.385. The van der Waals surface area contributed by atoms with Gasteiger partial charge < -0.3 is 10.3 Å². The van der Waals surface area contributed by atoms with Crippen LogP contribution in [0.4, 0.5) is 0 Å². The van der Waals surface area contributed by atoms with Gasteiger partial charge in [0.1, 0.15) is 0 Å². The summed E-state index contributed by atoms with van der Waals surface area (Å²) in [6.45, 7) is 2.62. The number of nitrogens with zero attached hydrogens (tertiary/aromatic N) is 2. The number of hydrogen-bond donors (Lipinski definition) is 1. The topological polar surface area (TPSA) is 64.9 Å². The van der Waals surface area contributed by atoms with E-state index in [9.17, 15) is 0 Å². The Balaban J connectivity index is 2.09. The van der Waals surface area contributed by atoms with Gasteiger partial charge in [0.15, 0.2) is 5.82 Å². The summed E-state index contributed by atoms with van der Waals surface area (Å²) in [7, 11) is 0. The molecular formula is C13H15Cl2N3O. The van der Waals surface area contributed by atoms with E-state index in [-0.39, 0.29) is 5.92 Å². The number of hydrogen-bond acceptors (Lipinski definition) is 4. The lowest BCUT2D eigenvalue weighted by molar-refractivity contribution is 0.351. The molecule has 0 aliphatic heterocycles. The van der Waals surface area contributed by atoms with Crippen molar-refractivity contribution in [3.63, 3.8) is 0 Å². The minimum Gasteiger partial charge on any atom is -0.339 e. The molecular weight excluding hydrogens is 285 g/mol. The monoisotopic (exact) mass is 299 g/mol. The van der Waals surface area contributed by atoms with Gasteiger partial charge in [-0.3, -0.25) is 0 Å². The Morgan fingerprint density at radius 2 is 2.11 bits per heavy atom. The highest BCUT2D eigenvalue weighted by atomic mass is 35.5. The van der Waals surface area contributed by atoms with E-state index in [4.69, 9.17) is 33.5 Å². The summed E-state index contributed by atoms with van der Waals surface area (Å²) in [5.74, 6) is 1.44. The van der Waals surface area contributed by atoms with Gasteiger partial charge in [0.05, 0.1) is 10.0 Å². The molecule has 2 rings (SSSR count). The second-order valence-corrected chi connectivity index (χ2v) is 5.27. The maximum atomic E-state index is 5.97. The number of benzene rings is 1. The predicted octanol–water partition coefficient (Wildman–Crippen LogP) is 3.42. The Morgan fingerprint density at radius 3 is 2.79 bits per heavy atom. The average molecular weight is 300 g/mol. The van der Waals surface area contributed by atoms with Crippen molar-refractivity contribution in [2.45, 2.75) is 25.7 Å². The van der Waals surface area contributed by atoms with Crippen molar-refractivity contribution in [1.82, 2.24) is 10.1 Å². The van der Waals surface area contributed by atoms with Gasteiger partial charge in [-0.15, -0.1) is 0 Å². The summed E-state index contributed by atoms with van der Waals surface area (Å²) in [5, 5.41) is 5.03. The first-order valence-electron chi connectivity index (χ1n) is 6.06. The van der Waals surface area contributed by atoms with Gasteiger partial charge in [0.2, 0.25) is 5.89 Å². The van der Waals surface area contributed by atoms with Crippen molar-refractivity contribution in [1.29, 1.82) is 0 Å². The molecule has 2 N–H and O–H groups in total. The van der Waals surface area contributed by atoms with Crippen LogP contribution in [0.2, 0.25) is 10.0 Å². The Morgan fingerprint density at radius 1 is 1.32 bits per heavy atom. The van der Waals surface area contributed by atoms with Gasteiger partial charge in [0, 0.05) is 12.3 Å². The summed E-state index contributed by atoms with van der Waals surface area (Å²) in [6.07, 6.45) is 1.39. The summed E-state index contributed by atoms with van der Waals surface area (Å²) in [5.41, 5.74) is 6.50. The largest absolute Gasteiger partial charge is 0.339 e. The zero-order valence-corrected chi connectivity index (χ0v) is 12.1. The molecule has 1 atom stereocenters. The van der Waals surface area contributed by atoms with Gasteiger partial charge in [0.25, 0.3) is 0 Å². The van der Waals surface area contributed by atoms with Gasteiger partial charge in [-0.05, 0) is 30.7 Å². The molecule has 0 spiro atoms. The molecule has 0 saturated carbocycles. The molecule has 19 heavy (non-hydrogen) atoms. The standard InChI is InChI=1S/C13H15Cl2N3O/c1-8(4-5-16)13-17-12(18-19-13)7-9-2-3-10(14)11(15)6-9/h2-3,6,8H,4-5,7,16H2,1H3. The van der Waals surface area contributed by atoms with E-state index in [1.165, 1.54) is 0 Å². The van der Waals surface area contributed by atoms with Crippen LogP contribution in [0.3, 0.4) is 0 Å². The van der Waals surface area contributed by atoms with Gasteiger partial charge in [-0.25, -0.2) is 0 Å². The van der Waals surface area contributed by atoms with E-state index in [0.717, 1.165) is 12.0 Å². The lowest BCUT2D eigenvalue weighted by Gasteiger charge is -2.02. The van der Waals surface area contributed by atoms with Crippen LogP contribution in [0.25, 0.3) is 0 Å². The van der Waals surface area contributed by atoms with Crippen LogP contribution in [0.5, 0.6) is 0 Å². The highest BCUT2D eigenvalue weighted by Crippen LogP contribution is 2.24. The molecule has 0 aliphatic carbocycles. The minimum absolute atomic E-state index is 0.181. The van der Waals surface area contributed by atoms with E-state index in [0.29, 0.717) is 34.7 Å². The normalized spacial score (nSPS) is 12.6. The smallest absolute Gasteiger partial charge is 0.229 e.